The highest BCUT2D eigenvalue weighted by atomic mass is 19.1. The minimum Gasteiger partial charge on any atom is -0.493 e. The molecule has 8 heteroatoms. The van der Waals surface area contributed by atoms with E-state index in [0.717, 1.165) is 4.90 Å². The Morgan fingerprint density at radius 2 is 1.83 bits per heavy atom. The van der Waals surface area contributed by atoms with Gasteiger partial charge in [0.2, 0.25) is 11.4 Å². The lowest BCUT2D eigenvalue weighted by Gasteiger charge is -2.20. The Bertz CT molecular complexity index is 635. The minimum absolute atomic E-state index is 0.0130. The predicted molar refractivity (Wildman–Crippen MR) is 78.1 cm³/mol. The number of ether oxygens (including phenoxy) is 3. The van der Waals surface area contributed by atoms with Crippen LogP contribution in [-0.2, 0) is 4.79 Å². The lowest BCUT2D eigenvalue weighted by molar-refractivity contribution is -0.149. The van der Waals surface area contributed by atoms with Gasteiger partial charge in [0.15, 0.2) is 11.5 Å². The van der Waals surface area contributed by atoms with E-state index < -0.39 is 24.1 Å². The van der Waals surface area contributed by atoms with Gasteiger partial charge < -0.3 is 24.2 Å². The van der Waals surface area contributed by atoms with Gasteiger partial charge in [0, 0.05) is 13.0 Å². The molecule has 23 heavy (non-hydrogen) atoms. The summed E-state index contributed by atoms with van der Waals surface area (Å²) in [5.74, 6) is -1.31. The maximum absolute atomic E-state index is 14.1. The van der Waals surface area contributed by atoms with Crippen molar-refractivity contribution in [3.63, 3.8) is 0 Å². The predicted octanol–water partition coefficient (Wildman–Crippen LogP) is 1.35. The average molecular weight is 327 g/mol. The van der Waals surface area contributed by atoms with Crippen LogP contribution in [0.2, 0.25) is 0 Å². The first-order chi connectivity index (χ1) is 10.9. The molecule has 1 unspecified atom stereocenters. The number of methoxy groups -OCH3 is 3. The van der Waals surface area contributed by atoms with Crippen LogP contribution in [0, 0.1) is 0 Å². The molecule has 1 saturated heterocycles. The molecule has 0 bridgehead atoms. The molecule has 1 aromatic carbocycles. The summed E-state index contributed by atoms with van der Waals surface area (Å²) in [6, 6.07) is 3.01. The Morgan fingerprint density at radius 3 is 2.30 bits per heavy atom. The second-order valence-corrected chi connectivity index (χ2v) is 5.13. The Kier molecular flexibility index (Phi) is 4.63. The third-order valence-electron chi connectivity index (χ3n) is 3.82. The molecule has 7 nitrogen and oxygen atoms in total. The van der Waals surface area contributed by atoms with Gasteiger partial charge in [-0.2, -0.15) is 0 Å². The van der Waals surface area contributed by atoms with Crippen LogP contribution >= 0.6 is 0 Å². The van der Waals surface area contributed by atoms with Gasteiger partial charge >= 0.3 is 5.97 Å². The Hall–Kier alpha value is -2.51. The standard InChI is InChI=1S/C15H18FNO6/c1-21-10-5-4-9(11(22-2)12(10)23-3)13(18)17-7-6-15(16,8-17)14(19)20/h4-5H,6-8H2,1-3H3,(H,19,20). The quantitative estimate of drug-likeness (QED) is 0.879. The van der Waals surface area contributed by atoms with Crippen LogP contribution < -0.4 is 14.2 Å². The third kappa shape index (κ3) is 2.88. The summed E-state index contributed by atoms with van der Waals surface area (Å²) in [6.45, 7) is -0.488. The molecule has 0 aliphatic carbocycles. The highest BCUT2D eigenvalue weighted by Crippen LogP contribution is 2.40. The van der Waals surface area contributed by atoms with Crippen molar-refractivity contribution in [3.8, 4) is 17.2 Å². The molecule has 2 rings (SSSR count). The van der Waals surface area contributed by atoms with E-state index in [1.807, 2.05) is 0 Å². The van der Waals surface area contributed by atoms with Crippen LogP contribution in [-0.4, -0.2) is 62.0 Å². The number of hydrogen-bond acceptors (Lipinski definition) is 5. The van der Waals surface area contributed by atoms with Crippen molar-refractivity contribution in [1.29, 1.82) is 0 Å². The van der Waals surface area contributed by atoms with Gasteiger partial charge in [-0.3, -0.25) is 4.79 Å². The van der Waals surface area contributed by atoms with Gasteiger partial charge in [-0.05, 0) is 12.1 Å². The Labute approximate surface area is 132 Å². The number of carbonyl (C=O) groups is 2. The molecular formula is C15H18FNO6. The molecule has 0 spiro atoms. The molecule has 0 aromatic heterocycles. The molecule has 1 aromatic rings. The zero-order valence-corrected chi connectivity index (χ0v) is 13.1. The molecule has 1 amide bonds. The SMILES string of the molecule is COc1ccc(C(=O)N2CCC(F)(C(=O)O)C2)c(OC)c1OC. The van der Waals surface area contributed by atoms with Crippen LogP contribution in [0.5, 0.6) is 17.2 Å². The molecule has 1 heterocycles. The number of hydrogen-bond donors (Lipinski definition) is 1. The summed E-state index contributed by atoms with van der Waals surface area (Å²) in [5, 5.41) is 8.92. The van der Waals surface area contributed by atoms with Gasteiger partial charge in [0.25, 0.3) is 5.91 Å². The van der Waals surface area contributed by atoms with Crippen LogP contribution in [0.3, 0.4) is 0 Å². The third-order valence-corrected chi connectivity index (χ3v) is 3.82. The average Bonchev–Trinajstić information content (AvgIpc) is 2.96. The van der Waals surface area contributed by atoms with Gasteiger partial charge in [-0.1, -0.05) is 0 Å². The first-order valence-corrected chi connectivity index (χ1v) is 6.88. The number of rotatable bonds is 5. The summed E-state index contributed by atoms with van der Waals surface area (Å²) in [5.41, 5.74) is -2.26. The first kappa shape index (κ1) is 16.9. The largest absolute Gasteiger partial charge is 0.493 e. The molecule has 1 aliphatic heterocycles. The van der Waals surface area contributed by atoms with Crippen molar-refractivity contribution >= 4 is 11.9 Å². The zero-order chi connectivity index (χ0) is 17.2. The smallest absolute Gasteiger partial charge is 0.343 e. The van der Waals surface area contributed by atoms with Gasteiger partial charge in [-0.15, -0.1) is 0 Å². The minimum atomic E-state index is -2.42. The van der Waals surface area contributed by atoms with Crippen molar-refractivity contribution in [2.75, 3.05) is 34.4 Å². The molecule has 0 saturated carbocycles. The van der Waals surface area contributed by atoms with E-state index >= 15 is 0 Å². The second kappa shape index (κ2) is 6.31. The number of nitrogens with zero attached hydrogens (tertiary/aromatic N) is 1. The first-order valence-electron chi connectivity index (χ1n) is 6.88. The zero-order valence-electron chi connectivity index (χ0n) is 13.1. The van der Waals surface area contributed by atoms with Crippen molar-refractivity contribution in [1.82, 2.24) is 4.90 Å². The summed E-state index contributed by atoms with van der Waals surface area (Å²) in [6.07, 6.45) is -0.246. The number of carboxylic acid groups (broad SMARTS) is 1. The van der Waals surface area contributed by atoms with E-state index in [9.17, 15) is 14.0 Å². The van der Waals surface area contributed by atoms with E-state index in [1.54, 1.807) is 0 Å². The number of carbonyl (C=O) groups excluding carboxylic acids is 1. The molecule has 1 fully saturated rings. The van der Waals surface area contributed by atoms with E-state index in [4.69, 9.17) is 19.3 Å². The van der Waals surface area contributed by atoms with Crippen LogP contribution in [0.25, 0.3) is 0 Å². The van der Waals surface area contributed by atoms with E-state index in [0.29, 0.717) is 5.75 Å². The fourth-order valence-electron chi connectivity index (χ4n) is 2.56. The lowest BCUT2D eigenvalue weighted by Crippen LogP contribution is -2.39. The summed E-state index contributed by atoms with van der Waals surface area (Å²) >= 11 is 0. The number of alkyl halides is 1. The number of likely N-dealkylation sites (tertiary alicyclic amines) is 1. The molecule has 1 atom stereocenters. The molecule has 1 N–H and O–H groups in total. The van der Waals surface area contributed by atoms with Crippen LogP contribution in [0.15, 0.2) is 12.1 Å². The molecule has 126 valence electrons. The summed E-state index contributed by atoms with van der Waals surface area (Å²) in [4.78, 5) is 24.7. The highest BCUT2D eigenvalue weighted by Gasteiger charge is 2.47. The molecule has 1 aliphatic rings. The molecular weight excluding hydrogens is 309 g/mol. The van der Waals surface area contributed by atoms with E-state index in [2.05, 4.69) is 0 Å². The fraction of sp³-hybridized carbons (Fsp3) is 0.467. The number of aliphatic carboxylic acids is 1. The second-order valence-electron chi connectivity index (χ2n) is 5.13. The summed E-state index contributed by atoms with van der Waals surface area (Å²) in [7, 11) is 4.22. The van der Waals surface area contributed by atoms with Crippen molar-refractivity contribution in [3.05, 3.63) is 17.7 Å². The number of benzene rings is 1. The van der Waals surface area contributed by atoms with Crippen LogP contribution in [0.1, 0.15) is 16.8 Å². The fourth-order valence-corrected chi connectivity index (χ4v) is 2.56. The Balaban J connectivity index is 2.36. The maximum atomic E-state index is 14.1. The highest BCUT2D eigenvalue weighted by molar-refractivity contribution is 5.99. The monoisotopic (exact) mass is 327 g/mol. The van der Waals surface area contributed by atoms with Gasteiger partial charge in [0.05, 0.1) is 33.4 Å². The van der Waals surface area contributed by atoms with E-state index in [1.165, 1.54) is 33.5 Å². The van der Waals surface area contributed by atoms with Crippen molar-refractivity contribution < 1.29 is 33.3 Å². The van der Waals surface area contributed by atoms with Gasteiger partial charge in [-0.25, -0.2) is 9.18 Å². The van der Waals surface area contributed by atoms with Crippen molar-refractivity contribution in [2.24, 2.45) is 0 Å². The maximum Gasteiger partial charge on any atom is 0.343 e. The summed E-state index contributed by atoms with van der Waals surface area (Å²) < 4.78 is 29.7. The van der Waals surface area contributed by atoms with Gasteiger partial charge in [0.1, 0.15) is 0 Å². The van der Waals surface area contributed by atoms with E-state index in [-0.39, 0.29) is 30.0 Å². The lowest BCUT2D eigenvalue weighted by atomic mass is 10.1. The van der Waals surface area contributed by atoms with Crippen molar-refractivity contribution in [2.45, 2.75) is 12.1 Å². The molecule has 0 radical (unpaired) electrons. The normalized spacial score (nSPS) is 20.3. The topological polar surface area (TPSA) is 85.3 Å². The number of halogens is 1. The number of amides is 1. The van der Waals surface area contributed by atoms with Crippen LogP contribution in [0.4, 0.5) is 4.39 Å². The Morgan fingerprint density at radius 1 is 1.17 bits per heavy atom. The number of carboxylic acids is 1.